The molecule has 0 bridgehead atoms. The molecule has 0 saturated carbocycles. The van der Waals surface area contributed by atoms with E-state index in [4.69, 9.17) is 5.73 Å². The third kappa shape index (κ3) is 2.32. The number of rotatable bonds is 2. The van der Waals surface area contributed by atoms with Crippen LogP contribution in [0.3, 0.4) is 0 Å². The van der Waals surface area contributed by atoms with E-state index in [1.807, 2.05) is 6.92 Å². The number of hydrogen-bond donors (Lipinski definition) is 1. The third-order valence-electron chi connectivity index (χ3n) is 4.37. The minimum Gasteiger partial charge on any atom is -0.399 e. The highest BCUT2D eigenvalue weighted by atomic mass is 32.2. The molecule has 2 saturated heterocycles. The average molecular weight is 295 g/mol. The molecule has 2 atom stereocenters. The lowest BCUT2D eigenvalue weighted by molar-refractivity contribution is 0.117. The van der Waals surface area contributed by atoms with Crippen molar-refractivity contribution < 1.29 is 8.42 Å². The maximum Gasteiger partial charge on any atom is 0.243 e. The molecule has 0 aromatic heterocycles. The molecule has 0 aliphatic carbocycles. The molecule has 2 unspecified atom stereocenters. The van der Waals surface area contributed by atoms with Crippen molar-refractivity contribution in [2.75, 3.05) is 25.4 Å². The zero-order valence-corrected chi connectivity index (χ0v) is 12.5. The third-order valence-corrected chi connectivity index (χ3v) is 6.36. The lowest BCUT2D eigenvalue weighted by atomic mass is 10.1. The lowest BCUT2D eigenvalue weighted by Gasteiger charge is -2.41. The maximum atomic E-state index is 12.8. The van der Waals surface area contributed by atoms with Crippen molar-refractivity contribution in [2.45, 2.75) is 36.7 Å². The van der Waals surface area contributed by atoms with Crippen LogP contribution in [0.25, 0.3) is 0 Å². The fourth-order valence-electron chi connectivity index (χ4n) is 3.27. The fourth-order valence-corrected chi connectivity index (χ4v) is 4.93. The van der Waals surface area contributed by atoms with Gasteiger partial charge in [-0.05, 0) is 50.6 Å². The van der Waals surface area contributed by atoms with E-state index < -0.39 is 10.0 Å². The molecule has 0 radical (unpaired) electrons. The Morgan fingerprint density at radius 1 is 1.20 bits per heavy atom. The van der Waals surface area contributed by atoms with Gasteiger partial charge in [-0.1, -0.05) is 0 Å². The number of nitrogens with zero attached hydrogens (tertiary/aromatic N) is 2. The molecule has 20 heavy (non-hydrogen) atoms. The van der Waals surface area contributed by atoms with Crippen LogP contribution in [-0.2, 0) is 10.0 Å². The van der Waals surface area contributed by atoms with Crippen molar-refractivity contribution in [1.82, 2.24) is 9.21 Å². The smallest absolute Gasteiger partial charge is 0.243 e. The first-order valence-corrected chi connectivity index (χ1v) is 8.54. The summed E-state index contributed by atoms with van der Waals surface area (Å²) in [6.45, 7) is 4.53. The van der Waals surface area contributed by atoms with Crippen molar-refractivity contribution in [3.8, 4) is 0 Å². The van der Waals surface area contributed by atoms with Gasteiger partial charge in [-0.25, -0.2) is 8.42 Å². The van der Waals surface area contributed by atoms with E-state index in [2.05, 4.69) is 4.90 Å². The van der Waals surface area contributed by atoms with Gasteiger partial charge in [0.05, 0.1) is 4.90 Å². The molecule has 6 heteroatoms. The zero-order chi connectivity index (χ0) is 14.3. The van der Waals surface area contributed by atoms with Crippen molar-refractivity contribution in [1.29, 1.82) is 0 Å². The molecule has 2 N–H and O–H groups in total. The largest absolute Gasteiger partial charge is 0.399 e. The van der Waals surface area contributed by atoms with E-state index in [0.717, 1.165) is 19.5 Å². The Kier molecular flexibility index (Phi) is 3.48. The summed E-state index contributed by atoms with van der Waals surface area (Å²) in [5, 5.41) is 0. The van der Waals surface area contributed by atoms with E-state index in [9.17, 15) is 8.42 Å². The summed E-state index contributed by atoms with van der Waals surface area (Å²) >= 11 is 0. The molecule has 2 aliphatic rings. The molecule has 0 spiro atoms. The van der Waals surface area contributed by atoms with Crippen molar-refractivity contribution in [3.05, 3.63) is 24.3 Å². The minimum absolute atomic E-state index is 0.0203. The van der Waals surface area contributed by atoms with Gasteiger partial charge < -0.3 is 5.73 Å². The van der Waals surface area contributed by atoms with Crippen LogP contribution < -0.4 is 5.73 Å². The minimum atomic E-state index is -3.42. The van der Waals surface area contributed by atoms with Gasteiger partial charge in [0.2, 0.25) is 10.0 Å². The summed E-state index contributed by atoms with van der Waals surface area (Å²) in [4.78, 5) is 2.75. The Hall–Kier alpha value is -1.11. The molecular weight excluding hydrogens is 274 g/mol. The van der Waals surface area contributed by atoms with Gasteiger partial charge in [0.25, 0.3) is 0 Å². The SMILES string of the molecule is CC1CN2CCCC2CN1S(=O)(=O)c1ccc(N)cc1. The topological polar surface area (TPSA) is 66.6 Å². The Morgan fingerprint density at radius 2 is 1.90 bits per heavy atom. The first-order valence-electron chi connectivity index (χ1n) is 7.10. The van der Waals surface area contributed by atoms with Crippen molar-refractivity contribution in [3.63, 3.8) is 0 Å². The Bertz CT molecular complexity index is 585. The van der Waals surface area contributed by atoms with Gasteiger partial charge in [-0.15, -0.1) is 0 Å². The molecule has 110 valence electrons. The first-order chi connectivity index (χ1) is 9.48. The molecule has 2 aliphatic heterocycles. The number of nitrogens with two attached hydrogens (primary N) is 1. The van der Waals surface area contributed by atoms with Crippen LogP contribution in [0.15, 0.2) is 29.2 Å². The van der Waals surface area contributed by atoms with Crippen LogP contribution in [-0.4, -0.2) is 49.3 Å². The predicted octanol–water partition coefficient (Wildman–Crippen LogP) is 1.13. The van der Waals surface area contributed by atoms with Gasteiger partial charge in [0.1, 0.15) is 0 Å². The highest BCUT2D eigenvalue weighted by molar-refractivity contribution is 7.89. The molecule has 2 heterocycles. The summed E-state index contributed by atoms with van der Waals surface area (Å²) < 4.78 is 27.2. The zero-order valence-electron chi connectivity index (χ0n) is 11.7. The standard InChI is InChI=1S/C14H21N3O2S/c1-11-9-16-8-2-3-13(16)10-17(11)20(18,19)14-6-4-12(15)5-7-14/h4-7,11,13H,2-3,8-10,15H2,1H3. The van der Waals surface area contributed by atoms with Gasteiger partial charge in [-0.3, -0.25) is 4.90 Å². The predicted molar refractivity (Wildman–Crippen MR) is 78.8 cm³/mol. The second-order valence-electron chi connectivity index (χ2n) is 5.78. The van der Waals surface area contributed by atoms with E-state index in [1.54, 1.807) is 28.6 Å². The lowest BCUT2D eigenvalue weighted by Crippen LogP contribution is -2.56. The number of hydrogen-bond acceptors (Lipinski definition) is 4. The number of fused-ring (bicyclic) bond motifs is 1. The monoisotopic (exact) mass is 295 g/mol. The molecule has 0 amide bonds. The van der Waals surface area contributed by atoms with Crippen LogP contribution >= 0.6 is 0 Å². The number of sulfonamides is 1. The van der Waals surface area contributed by atoms with Gasteiger partial charge in [0.15, 0.2) is 0 Å². The Balaban J connectivity index is 1.88. The van der Waals surface area contributed by atoms with Gasteiger partial charge in [0, 0.05) is 30.9 Å². The summed E-state index contributed by atoms with van der Waals surface area (Å²) in [5.41, 5.74) is 6.21. The second kappa shape index (κ2) is 5.02. The quantitative estimate of drug-likeness (QED) is 0.831. The molecule has 2 fully saturated rings. The van der Waals surface area contributed by atoms with E-state index in [1.165, 1.54) is 6.42 Å². The van der Waals surface area contributed by atoms with Crippen LogP contribution in [0.2, 0.25) is 0 Å². The second-order valence-corrected chi connectivity index (χ2v) is 7.67. The van der Waals surface area contributed by atoms with E-state index in [-0.39, 0.29) is 6.04 Å². The van der Waals surface area contributed by atoms with Crippen molar-refractivity contribution >= 4 is 15.7 Å². The number of benzene rings is 1. The van der Waals surface area contributed by atoms with E-state index >= 15 is 0 Å². The van der Waals surface area contributed by atoms with Crippen LogP contribution in [0.4, 0.5) is 5.69 Å². The molecule has 3 rings (SSSR count). The molecular formula is C14H21N3O2S. The van der Waals surface area contributed by atoms with Crippen molar-refractivity contribution in [2.24, 2.45) is 0 Å². The van der Waals surface area contributed by atoms with Crippen LogP contribution in [0.5, 0.6) is 0 Å². The highest BCUT2D eigenvalue weighted by Crippen LogP contribution is 2.29. The molecule has 1 aromatic rings. The molecule has 5 nitrogen and oxygen atoms in total. The summed E-state index contributed by atoms with van der Waals surface area (Å²) in [6.07, 6.45) is 2.27. The van der Waals surface area contributed by atoms with Crippen LogP contribution in [0.1, 0.15) is 19.8 Å². The first kappa shape index (κ1) is 13.9. The summed E-state index contributed by atoms with van der Waals surface area (Å²) in [7, 11) is -3.42. The summed E-state index contributed by atoms with van der Waals surface area (Å²) in [6, 6.07) is 6.88. The summed E-state index contributed by atoms with van der Waals surface area (Å²) in [5.74, 6) is 0. The van der Waals surface area contributed by atoms with Crippen LogP contribution in [0, 0.1) is 0 Å². The Morgan fingerprint density at radius 3 is 2.60 bits per heavy atom. The normalized spacial score (nSPS) is 28.4. The Labute approximate surface area is 120 Å². The molecule has 1 aromatic carbocycles. The average Bonchev–Trinajstić information content (AvgIpc) is 2.85. The number of piperazine rings is 1. The maximum absolute atomic E-state index is 12.8. The van der Waals surface area contributed by atoms with Gasteiger partial charge >= 0.3 is 0 Å². The fraction of sp³-hybridized carbons (Fsp3) is 0.571. The number of nitrogen functional groups attached to an aromatic ring is 1. The van der Waals surface area contributed by atoms with E-state index in [0.29, 0.717) is 23.2 Å². The highest BCUT2D eigenvalue weighted by Gasteiger charge is 2.40. The van der Waals surface area contributed by atoms with Gasteiger partial charge in [-0.2, -0.15) is 4.31 Å². The number of anilines is 1.